The first-order valence-electron chi connectivity index (χ1n) is 9.48. The van der Waals surface area contributed by atoms with Crippen molar-refractivity contribution in [2.75, 3.05) is 5.32 Å². The second kappa shape index (κ2) is 9.49. The molecule has 0 bridgehead atoms. The molecule has 4 rings (SSSR count). The predicted molar refractivity (Wildman–Crippen MR) is 115 cm³/mol. The molecule has 0 aliphatic heterocycles. The van der Waals surface area contributed by atoms with Gasteiger partial charge >= 0.3 is 0 Å². The van der Waals surface area contributed by atoms with Crippen LogP contribution < -0.4 is 10.1 Å². The number of aromatic nitrogens is 3. The molecule has 0 saturated heterocycles. The van der Waals surface area contributed by atoms with E-state index in [9.17, 15) is 19.3 Å². The number of hydrogen-bond acceptors (Lipinski definition) is 7. The number of nitro benzene ring substituents is 1. The Bertz CT molecular complexity index is 1320. The van der Waals surface area contributed by atoms with Gasteiger partial charge in [0.1, 0.15) is 30.3 Å². The van der Waals surface area contributed by atoms with Gasteiger partial charge in [-0.25, -0.2) is 14.1 Å². The molecule has 0 unspecified atom stereocenters. The molecule has 0 atom stereocenters. The van der Waals surface area contributed by atoms with Crippen LogP contribution in [0.1, 0.15) is 21.9 Å². The van der Waals surface area contributed by atoms with Crippen LogP contribution in [-0.2, 0) is 13.2 Å². The number of anilines is 1. The van der Waals surface area contributed by atoms with Crippen molar-refractivity contribution in [1.82, 2.24) is 14.8 Å². The minimum absolute atomic E-state index is 0.00569. The number of amides is 1. The zero-order valence-corrected chi connectivity index (χ0v) is 17.5. The number of ether oxygens (including phenoxy) is 1. The molecule has 168 valence electrons. The van der Waals surface area contributed by atoms with Crippen LogP contribution >= 0.6 is 11.6 Å². The predicted octanol–water partition coefficient (Wildman–Crippen LogP) is 4.45. The van der Waals surface area contributed by atoms with Crippen LogP contribution in [0.25, 0.3) is 0 Å². The lowest BCUT2D eigenvalue weighted by molar-refractivity contribution is -0.384. The first kappa shape index (κ1) is 22.0. The van der Waals surface area contributed by atoms with Crippen LogP contribution in [0.5, 0.6) is 5.75 Å². The number of carbonyl (C=O) groups excluding carboxylic acids is 1. The standard InChI is InChI=1S/C21H15ClFN5O5/c22-16-9-14(28(30)31)5-7-18(16)32-11-15-6-8-19(33-15)20(29)25-21-24-12-27(26-21)10-13-3-1-2-4-17(13)23/h1-9,12H,10-11H2,(H,25,26,29). The van der Waals surface area contributed by atoms with Crippen molar-refractivity contribution in [3.63, 3.8) is 0 Å². The largest absolute Gasteiger partial charge is 0.484 e. The molecule has 12 heteroatoms. The van der Waals surface area contributed by atoms with Gasteiger partial charge < -0.3 is 9.15 Å². The average Bonchev–Trinajstić information content (AvgIpc) is 3.44. The van der Waals surface area contributed by atoms with Gasteiger partial charge in [-0.2, -0.15) is 0 Å². The van der Waals surface area contributed by atoms with E-state index in [0.29, 0.717) is 11.3 Å². The van der Waals surface area contributed by atoms with Gasteiger partial charge in [0.2, 0.25) is 5.95 Å². The summed E-state index contributed by atoms with van der Waals surface area (Å²) in [7, 11) is 0. The Balaban J connectivity index is 1.34. The topological polar surface area (TPSA) is 125 Å². The summed E-state index contributed by atoms with van der Waals surface area (Å²) in [5.41, 5.74) is 0.276. The third-order valence-corrected chi connectivity index (χ3v) is 4.73. The minimum atomic E-state index is -0.585. The summed E-state index contributed by atoms with van der Waals surface area (Å²) in [6, 6.07) is 13.1. The Morgan fingerprint density at radius 3 is 2.82 bits per heavy atom. The van der Waals surface area contributed by atoms with Gasteiger partial charge in [0.25, 0.3) is 11.6 Å². The van der Waals surface area contributed by atoms with Gasteiger partial charge in [0, 0.05) is 17.7 Å². The highest BCUT2D eigenvalue weighted by Crippen LogP contribution is 2.29. The lowest BCUT2D eigenvalue weighted by Gasteiger charge is -2.06. The second-order valence-electron chi connectivity index (χ2n) is 6.74. The van der Waals surface area contributed by atoms with Crippen molar-refractivity contribution >= 4 is 29.1 Å². The summed E-state index contributed by atoms with van der Waals surface area (Å²) in [5, 5.41) is 17.4. The molecule has 10 nitrogen and oxygen atoms in total. The van der Waals surface area contributed by atoms with Crippen LogP contribution in [0.4, 0.5) is 16.0 Å². The molecule has 1 N–H and O–H groups in total. The number of carbonyl (C=O) groups is 1. The summed E-state index contributed by atoms with van der Waals surface area (Å²) in [4.78, 5) is 26.6. The van der Waals surface area contributed by atoms with E-state index in [1.54, 1.807) is 24.3 Å². The van der Waals surface area contributed by atoms with Crippen molar-refractivity contribution in [2.45, 2.75) is 13.2 Å². The quantitative estimate of drug-likeness (QED) is 0.297. The van der Waals surface area contributed by atoms with Crippen molar-refractivity contribution in [3.05, 3.63) is 99.0 Å². The fourth-order valence-electron chi connectivity index (χ4n) is 2.84. The van der Waals surface area contributed by atoms with Crippen LogP contribution in [0, 0.1) is 15.9 Å². The van der Waals surface area contributed by atoms with Crippen LogP contribution in [-0.4, -0.2) is 25.6 Å². The Hall–Kier alpha value is -4.25. The molecule has 1 amide bonds. The van der Waals surface area contributed by atoms with Gasteiger partial charge in [0.05, 0.1) is 16.5 Å². The molecule has 0 spiro atoms. The Morgan fingerprint density at radius 1 is 1.24 bits per heavy atom. The number of nitro groups is 1. The number of nitrogens with zero attached hydrogens (tertiary/aromatic N) is 4. The van der Waals surface area contributed by atoms with Crippen molar-refractivity contribution in [2.24, 2.45) is 0 Å². The van der Waals surface area contributed by atoms with Crippen LogP contribution in [0.2, 0.25) is 5.02 Å². The normalized spacial score (nSPS) is 10.7. The molecule has 0 aliphatic carbocycles. The first-order chi connectivity index (χ1) is 15.9. The number of rotatable bonds is 8. The summed E-state index contributed by atoms with van der Waals surface area (Å²) < 4.78 is 26.1. The molecule has 4 aromatic rings. The first-order valence-corrected chi connectivity index (χ1v) is 9.86. The number of halogens is 2. The molecule has 0 fully saturated rings. The van der Waals surface area contributed by atoms with E-state index in [2.05, 4.69) is 15.4 Å². The Labute approximate surface area is 190 Å². The lowest BCUT2D eigenvalue weighted by Crippen LogP contribution is -2.12. The highest BCUT2D eigenvalue weighted by Gasteiger charge is 2.15. The molecular weight excluding hydrogens is 457 g/mol. The second-order valence-corrected chi connectivity index (χ2v) is 7.14. The van der Waals surface area contributed by atoms with Crippen molar-refractivity contribution in [3.8, 4) is 5.75 Å². The lowest BCUT2D eigenvalue weighted by atomic mass is 10.2. The molecule has 0 radical (unpaired) electrons. The van der Waals surface area contributed by atoms with Crippen LogP contribution in [0.3, 0.4) is 0 Å². The maximum Gasteiger partial charge on any atom is 0.293 e. The molecule has 2 heterocycles. The van der Waals surface area contributed by atoms with Gasteiger partial charge in [-0.15, -0.1) is 5.10 Å². The van der Waals surface area contributed by atoms with Gasteiger partial charge in [-0.1, -0.05) is 29.8 Å². The number of hydrogen-bond donors (Lipinski definition) is 1. The van der Waals surface area contributed by atoms with E-state index in [4.69, 9.17) is 20.8 Å². The smallest absolute Gasteiger partial charge is 0.293 e. The number of furan rings is 1. The summed E-state index contributed by atoms with van der Waals surface area (Å²) in [6.07, 6.45) is 1.37. The highest BCUT2D eigenvalue weighted by atomic mass is 35.5. The van der Waals surface area contributed by atoms with Crippen molar-refractivity contribution in [1.29, 1.82) is 0 Å². The fraction of sp³-hybridized carbons (Fsp3) is 0.0952. The molecule has 0 saturated carbocycles. The summed E-state index contributed by atoms with van der Waals surface area (Å²) in [6.45, 7) is 0.101. The minimum Gasteiger partial charge on any atom is -0.484 e. The van der Waals surface area contributed by atoms with E-state index < -0.39 is 10.8 Å². The monoisotopic (exact) mass is 471 g/mol. The average molecular weight is 472 g/mol. The SMILES string of the molecule is O=C(Nc1ncn(Cc2ccccc2F)n1)c1ccc(COc2ccc([N+](=O)[O-])cc2Cl)o1. The zero-order chi connectivity index (χ0) is 23.4. The van der Waals surface area contributed by atoms with E-state index >= 15 is 0 Å². The van der Waals surface area contributed by atoms with E-state index in [-0.39, 0.29) is 47.1 Å². The summed E-state index contributed by atoms with van der Waals surface area (Å²) in [5.74, 6) is -0.365. The fourth-order valence-corrected chi connectivity index (χ4v) is 3.07. The molecule has 33 heavy (non-hydrogen) atoms. The maximum atomic E-state index is 13.8. The Morgan fingerprint density at radius 2 is 2.06 bits per heavy atom. The van der Waals surface area contributed by atoms with Gasteiger partial charge in [-0.05, 0) is 24.3 Å². The van der Waals surface area contributed by atoms with E-state index in [0.717, 1.165) is 0 Å². The van der Waals surface area contributed by atoms with E-state index in [1.165, 1.54) is 41.3 Å². The third kappa shape index (κ3) is 5.33. The maximum absolute atomic E-state index is 13.8. The number of non-ortho nitro benzene ring substituents is 1. The molecule has 2 aromatic heterocycles. The summed E-state index contributed by atoms with van der Waals surface area (Å²) >= 11 is 5.99. The van der Waals surface area contributed by atoms with Gasteiger partial charge in [-0.3, -0.25) is 20.2 Å². The zero-order valence-electron chi connectivity index (χ0n) is 16.8. The van der Waals surface area contributed by atoms with Crippen LogP contribution in [0.15, 0.2) is 65.3 Å². The third-order valence-electron chi connectivity index (χ3n) is 4.43. The molecule has 2 aromatic carbocycles. The van der Waals surface area contributed by atoms with Crippen molar-refractivity contribution < 1.29 is 23.3 Å². The molecular formula is C21H15ClFN5O5. The van der Waals surface area contributed by atoms with E-state index in [1.807, 2.05) is 0 Å². The van der Waals surface area contributed by atoms with Gasteiger partial charge in [0.15, 0.2) is 5.76 Å². The molecule has 0 aliphatic rings. The Kier molecular flexibility index (Phi) is 6.31. The number of benzene rings is 2. The highest BCUT2D eigenvalue weighted by molar-refractivity contribution is 6.32. The number of nitrogens with one attached hydrogen (secondary N) is 1.